The fourth-order valence-electron chi connectivity index (χ4n) is 4.99. The van der Waals surface area contributed by atoms with Gasteiger partial charge in [-0.25, -0.2) is 21.8 Å². The summed E-state index contributed by atoms with van der Waals surface area (Å²) in [5.41, 5.74) is 6.73. The molecular formula is C32H30N2O5S2. The Morgan fingerprint density at radius 3 is 2.15 bits per heavy atom. The molecule has 0 saturated carbocycles. The lowest BCUT2D eigenvalue weighted by Gasteiger charge is -2.16. The molecule has 0 aliphatic heterocycles. The molecule has 2 aromatic heterocycles. The van der Waals surface area contributed by atoms with Gasteiger partial charge < -0.3 is 4.74 Å². The summed E-state index contributed by atoms with van der Waals surface area (Å²) in [6.07, 6.45) is 4.19. The Labute approximate surface area is 240 Å². The molecule has 41 heavy (non-hydrogen) atoms. The number of methoxy groups -OCH3 is 1. The molecule has 1 atom stereocenters. The lowest BCUT2D eigenvalue weighted by molar-refractivity contribution is 0.398. The molecule has 1 unspecified atom stereocenters. The van der Waals surface area contributed by atoms with Gasteiger partial charge in [0.1, 0.15) is 9.84 Å². The van der Waals surface area contributed by atoms with Crippen LogP contribution in [0, 0.1) is 0 Å². The normalized spacial score (nSPS) is 12.8. The average Bonchev–Trinajstić information content (AvgIpc) is 2.95. The van der Waals surface area contributed by atoms with E-state index in [-0.39, 0.29) is 16.6 Å². The molecule has 0 aliphatic rings. The zero-order valence-corrected chi connectivity index (χ0v) is 24.8. The van der Waals surface area contributed by atoms with Gasteiger partial charge in [0.05, 0.1) is 29.0 Å². The first-order valence-corrected chi connectivity index (χ1v) is 16.9. The molecule has 5 rings (SSSR count). The van der Waals surface area contributed by atoms with E-state index >= 15 is 0 Å². The van der Waals surface area contributed by atoms with Crippen LogP contribution in [-0.4, -0.2) is 52.2 Å². The van der Waals surface area contributed by atoms with E-state index in [1.807, 2.05) is 55.5 Å². The number of aromatic nitrogens is 2. The van der Waals surface area contributed by atoms with Gasteiger partial charge in [-0.05, 0) is 65.1 Å². The minimum Gasteiger partial charge on any atom is -0.481 e. The zero-order chi connectivity index (χ0) is 29.4. The Morgan fingerprint density at radius 2 is 1.49 bits per heavy atom. The van der Waals surface area contributed by atoms with Gasteiger partial charge in [0.15, 0.2) is 9.84 Å². The van der Waals surface area contributed by atoms with Crippen molar-refractivity contribution in [3.8, 4) is 39.4 Å². The second-order valence-electron chi connectivity index (χ2n) is 10.3. The van der Waals surface area contributed by atoms with Gasteiger partial charge in [-0.15, -0.1) is 0 Å². The summed E-state index contributed by atoms with van der Waals surface area (Å²) in [6.45, 7) is 1.92. The highest BCUT2D eigenvalue weighted by molar-refractivity contribution is 7.91. The second-order valence-corrected chi connectivity index (χ2v) is 14.5. The minimum absolute atomic E-state index is 0.0528. The predicted octanol–water partition coefficient (Wildman–Crippen LogP) is 6.19. The van der Waals surface area contributed by atoms with E-state index in [0.717, 1.165) is 44.3 Å². The molecule has 0 saturated heterocycles. The Balaban J connectivity index is 1.65. The summed E-state index contributed by atoms with van der Waals surface area (Å²) in [5, 5.41) is 0.934. The lowest BCUT2D eigenvalue weighted by Crippen LogP contribution is -2.10. The van der Waals surface area contributed by atoms with Crippen LogP contribution in [-0.2, 0) is 19.7 Å². The maximum Gasteiger partial charge on any atom is 0.213 e. The molecule has 0 amide bonds. The van der Waals surface area contributed by atoms with Gasteiger partial charge in [0.25, 0.3) is 0 Å². The van der Waals surface area contributed by atoms with Gasteiger partial charge in [0.2, 0.25) is 5.88 Å². The molecular weight excluding hydrogens is 556 g/mol. The molecule has 210 valence electrons. The topological polar surface area (TPSA) is 103 Å². The zero-order valence-electron chi connectivity index (χ0n) is 23.2. The van der Waals surface area contributed by atoms with Crippen LogP contribution in [0.2, 0.25) is 0 Å². The number of hydrogen-bond acceptors (Lipinski definition) is 7. The van der Waals surface area contributed by atoms with Crippen molar-refractivity contribution >= 4 is 30.6 Å². The molecule has 9 heteroatoms. The third-order valence-electron chi connectivity index (χ3n) is 6.97. The summed E-state index contributed by atoms with van der Waals surface area (Å²) in [6, 6.07) is 26.3. The summed E-state index contributed by atoms with van der Waals surface area (Å²) >= 11 is 0. The van der Waals surface area contributed by atoms with Crippen LogP contribution in [0.3, 0.4) is 0 Å². The lowest BCUT2D eigenvalue weighted by atomic mass is 9.92. The molecule has 0 spiro atoms. The van der Waals surface area contributed by atoms with Gasteiger partial charge in [-0.3, -0.25) is 4.98 Å². The fourth-order valence-corrected chi connectivity index (χ4v) is 6.72. The maximum atomic E-state index is 12.0. The Hall–Kier alpha value is -4.08. The number of sulfone groups is 2. The van der Waals surface area contributed by atoms with E-state index in [9.17, 15) is 16.8 Å². The van der Waals surface area contributed by atoms with E-state index in [4.69, 9.17) is 9.72 Å². The van der Waals surface area contributed by atoms with Crippen molar-refractivity contribution in [1.82, 2.24) is 9.97 Å². The third-order valence-corrected chi connectivity index (χ3v) is 9.20. The Kier molecular flexibility index (Phi) is 7.68. The van der Waals surface area contributed by atoms with E-state index in [1.54, 1.807) is 43.6 Å². The van der Waals surface area contributed by atoms with Gasteiger partial charge in [-0.2, -0.15) is 0 Å². The number of fused-ring (bicyclic) bond motifs is 1. The summed E-state index contributed by atoms with van der Waals surface area (Å²) in [4.78, 5) is 9.60. The summed E-state index contributed by atoms with van der Waals surface area (Å²) in [7, 11) is -4.94. The smallest absolute Gasteiger partial charge is 0.213 e. The summed E-state index contributed by atoms with van der Waals surface area (Å²) in [5.74, 6) is 0.302. The van der Waals surface area contributed by atoms with Crippen LogP contribution >= 0.6 is 0 Å². The van der Waals surface area contributed by atoms with Crippen molar-refractivity contribution in [3.05, 3.63) is 96.7 Å². The average molecular weight is 587 g/mol. The SMILES string of the molecule is COc1ccc(-c2cccc(-c3cc(C(C)CS(C)(=O)=O)cc4cccnc34)c2)c(-c2ccc(S(C)(=O)=O)cc2)n1. The molecule has 0 aliphatic carbocycles. The van der Waals surface area contributed by atoms with Gasteiger partial charge >= 0.3 is 0 Å². The molecule has 0 bridgehead atoms. The van der Waals surface area contributed by atoms with Crippen molar-refractivity contribution in [2.24, 2.45) is 0 Å². The van der Waals surface area contributed by atoms with Gasteiger partial charge in [-0.1, -0.05) is 43.3 Å². The first-order chi connectivity index (χ1) is 19.4. The number of benzene rings is 3. The van der Waals surface area contributed by atoms with E-state index in [2.05, 4.69) is 11.1 Å². The monoisotopic (exact) mass is 586 g/mol. The standard InChI is InChI=1S/C32H30N2O5S2/c1-21(20-40(3,35)36)26-18-25-9-6-16-33-31(25)29(19-26)24-8-5-7-23(17-24)28-14-15-30(39-2)34-32(28)22-10-12-27(13-11-22)41(4,37)38/h5-19,21H,20H2,1-4H3. The highest BCUT2D eigenvalue weighted by atomic mass is 32.2. The van der Waals surface area contributed by atoms with Crippen LogP contribution < -0.4 is 4.74 Å². The number of pyridine rings is 2. The van der Waals surface area contributed by atoms with Crippen molar-refractivity contribution < 1.29 is 21.6 Å². The highest BCUT2D eigenvalue weighted by Crippen LogP contribution is 2.37. The quantitative estimate of drug-likeness (QED) is 0.214. The first kappa shape index (κ1) is 28.4. The van der Waals surface area contributed by atoms with Crippen LogP contribution in [0.25, 0.3) is 44.4 Å². The van der Waals surface area contributed by atoms with Crippen molar-refractivity contribution in [1.29, 1.82) is 0 Å². The molecule has 0 N–H and O–H groups in total. The second kappa shape index (κ2) is 11.1. The van der Waals surface area contributed by atoms with Crippen molar-refractivity contribution in [2.75, 3.05) is 25.4 Å². The van der Waals surface area contributed by atoms with E-state index in [0.29, 0.717) is 11.6 Å². The van der Waals surface area contributed by atoms with Crippen molar-refractivity contribution in [3.63, 3.8) is 0 Å². The van der Waals surface area contributed by atoms with Gasteiger partial charge in [0, 0.05) is 46.9 Å². The molecule has 3 aromatic carbocycles. The Morgan fingerprint density at radius 1 is 0.780 bits per heavy atom. The van der Waals surface area contributed by atoms with Crippen LogP contribution in [0.4, 0.5) is 0 Å². The van der Waals surface area contributed by atoms with E-state index < -0.39 is 19.7 Å². The van der Waals surface area contributed by atoms with Crippen LogP contribution in [0.5, 0.6) is 5.88 Å². The van der Waals surface area contributed by atoms with Crippen molar-refractivity contribution in [2.45, 2.75) is 17.7 Å². The molecule has 7 nitrogen and oxygen atoms in total. The molecule has 2 heterocycles. The molecule has 5 aromatic rings. The number of hydrogen-bond donors (Lipinski definition) is 0. The van der Waals surface area contributed by atoms with Crippen LogP contribution in [0.15, 0.2) is 96.0 Å². The predicted molar refractivity (Wildman–Crippen MR) is 164 cm³/mol. The Bertz CT molecular complexity index is 1970. The highest BCUT2D eigenvalue weighted by Gasteiger charge is 2.18. The van der Waals surface area contributed by atoms with Crippen LogP contribution in [0.1, 0.15) is 18.4 Å². The fraction of sp³-hybridized carbons (Fsp3) is 0.188. The molecule has 0 radical (unpaired) electrons. The molecule has 0 fully saturated rings. The number of ether oxygens (including phenoxy) is 1. The largest absolute Gasteiger partial charge is 0.481 e. The maximum absolute atomic E-state index is 12.0. The minimum atomic E-state index is -3.34. The number of rotatable bonds is 8. The first-order valence-electron chi connectivity index (χ1n) is 13.0. The third kappa shape index (κ3) is 6.31. The summed E-state index contributed by atoms with van der Waals surface area (Å²) < 4.78 is 53.5. The van der Waals surface area contributed by atoms with E-state index in [1.165, 1.54) is 12.5 Å². The number of nitrogens with zero attached hydrogens (tertiary/aromatic N) is 2.